The van der Waals surface area contributed by atoms with Crippen molar-refractivity contribution in [3.8, 4) is 23.0 Å². The standard InChI is InChI=1S/C21H22N10O3/c1-29-7-5-21(33,19(29)32)17-12-31(28-27-17)18-9-14(34-3)8-16(25-18)15-4-6-22-20(26-15)24-13-10-23-30(2)11-13/h4,6,8-12,33H,5,7H2,1-3H3,(H,22,24,26). The van der Waals surface area contributed by atoms with Crippen molar-refractivity contribution in [2.24, 2.45) is 7.05 Å². The Kier molecular flexibility index (Phi) is 5.17. The fourth-order valence-electron chi connectivity index (χ4n) is 3.69. The van der Waals surface area contributed by atoms with Gasteiger partial charge in [-0.2, -0.15) is 5.10 Å². The number of carbonyl (C=O) groups is 1. The number of methoxy groups -OCH3 is 1. The summed E-state index contributed by atoms with van der Waals surface area (Å²) in [5.74, 6) is 0.878. The average molecular weight is 462 g/mol. The fraction of sp³-hybridized carbons (Fsp3) is 0.286. The van der Waals surface area contributed by atoms with E-state index >= 15 is 0 Å². The van der Waals surface area contributed by atoms with Crippen LogP contribution in [0.2, 0.25) is 0 Å². The minimum absolute atomic E-state index is 0.165. The van der Waals surface area contributed by atoms with Crippen LogP contribution in [0, 0.1) is 0 Å². The molecule has 1 amide bonds. The average Bonchev–Trinajstić information content (AvgIpc) is 3.56. The second-order valence-corrected chi connectivity index (χ2v) is 7.93. The van der Waals surface area contributed by atoms with Crippen molar-refractivity contribution in [3.05, 3.63) is 48.7 Å². The van der Waals surface area contributed by atoms with Gasteiger partial charge in [-0.3, -0.25) is 9.48 Å². The highest BCUT2D eigenvalue weighted by molar-refractivity contribution is 5.87. The minimum atomic E-state index is -1.70. The number of likely N-dealkylation sites (tertiary alicyclic amines) is 1. The van der Waals surface area contributed by atoms with Gasteiger partial charge >= 0.3 is 0 Å². The topological polar surface area (TPSA) is 149 Å². The van der Waals surface area contributed by atoms with E-state index in [0.29, 0.717) is 35.4 Å². The predicted molar refractivity (Wildman–Crippen MR) is 119 cm³/mol. The maximum absolute atomic E-state index is 12.4. The van der Waals surface area contributed by atoms with Gasteiger partial charge in [-0.25, -0.2) is 19.6 Å². The van der Waals surface area contributed by atoms with Gasteiger partial charge < -0.3 is 20.1 Å². The molecule has 13 heteroatoms. The Balaban J connectivity index is 1.48. The van der Waals surface area contributed by atoms with Crippen LogP contribution in [0.5, 0.6) is 5.75 Å². The van der Waals surface area contributed by atoms with Crippen LogP contribution in [0.25, 0.3) is 17.2 Å². The van der Waals surface area contributed by atoms with Gasteiger partial charge in [0, 0.05) is 51.6 Å². The summed E-state index contributed by atoms with van der Waals surface area (Å²) >= 11 is 0. The lowest BCUT2D eigenvalue weighted by Crippen LogP contribution is -2.36. The second kappa shape index (κ2) is 8.19. The monoisotopic (exact) mass is 462 g/mol. The Morgan fingerprint density at radius 2 is 2.03 bits per heavy atom. The number of aryl methyl sites for hydroxylation is 1. The molecule has 4 aromatic heterocycles. The maximum atomic E-state index is 12.4. The first-order valence-corrected chi connectivity index (χ1v) is 10.4. The summed E-state index contributed by atoms with van der Waals surface area (Å²) in [6.45, 7) is 0.437. The van der Waals surface area contributed by atoms with Crippen LogP contribution in [0.1, 0.15) is 12.1 Å². The van der Waals surface area contributed by atoms with Gasteiger partial charge in [0.05, 0.1) is 36.6 Å². The molecule has 0 aliphatic carbocycles. The van der Waals surface area contributed by atoms with Crippen molar-refractivity contribution in [1.29, 1.82) is 0 Å². The molecule has 1 aliphatic heterocycles. The molecule has 0 radical (unpaired) electrons. The van der Waals surface area contributed by atoms with E-state index in [2.05, 4.69) is 35.7 Å². The van der Waals surface area contributed by atoms with Crippen LogP contribution in [-0.2, 0) is 17.4 Å². The number of pyridine rings is 1. The Hall–Kier alpha value is -4.39. The van der Waals surface area contributed by atoms with E-state index in [1.54, 1.807) is 55.6 Å². The largest absolute Gasteiger partial charge is 0.497 e. The van der Waals surface area contributed by atoms with Gasteiger partial charge in [0.15, 0.2) is 11.4 Å². The van der Waals surface area contributed by atoms with Crippen molar-refractivity contribution < 1.29 is 14.6 Å². The number of nitrogens with zero attached hydrogens (tertiary/aromatic N) is 9. The van der Waals surface area contributed by atoms with Crippen molar-refractivity contribution >= 4 is 17.5 Å². The first kappa shape index (κ1) is 21.5. The Labute approximate surface area is 194 Å². The predicted octanol–water partition coefficient (Wildman–Crippen LogP) is 0.655. The molecule has 5 rings (SSSR count). The van der Waals surface area contributed by atoms with Gasteiger partial charge in [0.25, 0.3) is 5.91 Å². The van der Waals surface area contributed by atoms with E-state index in [0.717, 1.165) is 5.69 Å². The van der Waals surface area contributed by atoms with E-state index in [-0.39, 0.29) is 12.1 Å². The molecule has 1 fully saturated rings. The summed E-state index contributed by atoms with van der Waals surface area (Å²) < 4.78 is 8.50. The molecule has 5 heterocycles. The van der Waals surface area contributed by atoms with Gasteiger partial charge in [0.2, 0.25) is 5.95 Å². The third kappa shape index (κ3) is 3.81. The number of rotatable bonds is 6. The SMILES string of the molecule is COc1cc(-c2ccnc(Nc3cnn(C)c3)n2)nc(-n2cc(C3(O)CCN(C)C3=O)nn2)c1. The highest BCUT2D eigenvalue weighted by Crippen LogP contribution is 2.32. The van der Waals surface area contributed by atoms with Crippen LogP contribution >= 0.6 is 0 Å². The van der Waals surface area contributed by atoms with E-state index in [4.69, 9.17) is 4.74 Å². The molecule has 174 valence electrons. The van der Waals surface area contributed by atoms with Gasteiger partial charge in [-0.05, 0) is 6.07 Å². The molecule has 2 N–H and O–H groups in total. The molecule has 4 aromatic rings. The van der Waals surface area contributed by atoms with Gasteiger partial charge in [-0.1, -0.05) is 5.21 Å². The zero-order chi connectivity index (χ0) is 23.9. The summed E-state index contributed by atoms with van der Waals surface area (Å²) in [6, 6.07) is 5.13. The first-order chi connectivity index (χ1) is 16.4. The number of nitrogens with one attached hydrogen (secondary N) is 1. The Bertz CT molecular complexity index is 1370. The van der Waals surface area contributed by atoms with Crippen LogP contribution in [0.15, 0.2) is 43.0 Å². The minimum Gasteiger partial charge on any atom is -0.497 e. The molecular weight excluding hydrogens is 440 g/mol. The Morgan fingerprint density at radius 1 is 1.18 bits per heavy atom. The van der Waals surface area contributed by atoms with Crippen LogP contribution in [0.4, 0.5) is 11.6 Å². The van der Waals surface area contributed by atoms with E-state index in [1.165, 1.54) is 15.8 Å². The van der Waals surface area contributed by atoms with E-state index < -0.39 is 11.5 Å². The lowest BCUT2D eigenvalue weighted by Gasteiger charge is -2.17. The number of likely N-dealkylation sites (N-methyl/N-ethyl adjacent to an activating group) is 1. The molecule has 0 aromatic carbocycles. The molecule has 0 bridgehead atoms. The molecule has 1 unspecified atom stereocenters. The molecule has 34 heavy (non-hydrogen) atoms. The van der Waals surface area contributed by atoms with Crippen LogP contribution in [-0.4, -0.2) is 76.3 Å². The highest BCUT2D eigenvalue weighted by Gasteiger charge is 2.47. The summed E-state index contributed by atoms with van der Waals surface area (Å²) in [4.78, 5) is 27.3. The third-order valence-electron chi connectivity index (χ3n) is 5.56. The molecule has 1 saturated heterocycles. The number of anilines is 2. The summed E-state index contributed by atoms with van der Waals surface area (Å²) in [5, 5.41) is 26.2. The lowest BCUT2D eigenvalue weighted by atomic mass is 9.99. The number of amides is 1. The van der Waals surface area contributed by atoms with Crippen molar-refractivity contribution in [3.63, 3.8) is 0 Å². The Morgan fingerprint density at radius 3 is 2.74 bits per heavy atom. The number of carbonyl (C=O) groups excluding carboxylic acids is 1. The number of hydrogen-bond acceptors (Lipinski definition) is 10. The van der Waals surface area contributed by atoms with Crippen molar-refractivity contribution in [2.75, 3.05) is 26.0 Å². The van der Waals surface area contributed by atoms with Crippen LogP contribution < -0.4 is 10.1 Å². The zero-order valence-electron chi connectivity index (χ0n) is 18.7. The summed E-state index contributed by atoms with van der Waals surface area (Å²) in [6.07, 6.45) is 6.83. The van der Waals surface area contributed by atoms with Crippen LogP contribution in [0.3, 0.4) is 0 Å². The number of aliphatic hydroxyl groups is 1. The van der Waals surface area contributed by atoms with Crippen molar-refractivity contribution in [1.82, 2.24) is 44.6 Å². The highest BCUT2D eigenvalue weighted by atomic mass is 16.5. The molecule has 1 aliphatic rings. The summed E-state index contributed by atoms with van der Waals surface area (Å²) in [7, 11) is 5.00. The molecule has 0 saturated carbocycles. The molecule has 13 nitrogen and oxygen atoms in total. The lowest BCUT2D eigenvalue weighted by molar-refractivity contribution is -0.143. The third-order valence-corrected chi connectivity index (χ3v) is 5.56. The quantitative estimate of drug-likeness (QED) is 0.418. The van der Waals surface area contributed by atoms with Gasteiger partial charge in [-0.15, -0.1) is 5.10 Å². The van der Waals surface area contributed by atoms with Gasteiger partial charge in [0.1, 0.15) is 11.4 Å². The van der Waals surface area contributed by atoms with Crippen molar-refractivity contribution in [2.45, 2.75) is 12.0 Å². The molecule has 1 atom stereocenters. The second-order valence-electron chi connectivity index (χ2n) is 7.93. The normalized spacial score (nSPS) is 17.9. The maximum Gasteiger partial charge on any atom is 0.260 e. The number of hydrogen-bond donors (Lipinski definition) is 2. The van der Waals surface area contributed by atoms with E-state index in [1.807, 2.05) is 7.05 Å². The number of aromatic nitrogens is 8. The summed E-state index contributed by atoms with van der Waals surface area (Å²) in [5.41, 5.74) is 0.275. The smallest absolute Gasteiger partial charge is 0.260 e. The zero-order valence-corrected chi connectivity index (χ0v) is 18.7. The van der Waals surface area contributed by atoms with E-state index in [9.17, 15) is 9.90 Å². The first-order valence-electron chi connectivity index (χ1n) is 10.4. The fourth-order valence-corrected chi connectivity index (χ4v) is 3.69. The molecule has 0 spiro atoms. The molecular formula is C21H22N10O3. The number of ether oxygens (including phenoxy) is 1.